The minimum atomic E-state index is -0.243. The average Bonchev–Trinajstić information content (AvgIpc) is 2.57. The normalized spacial score (nSPS) is 16.2. The van der Waals surface area contributed by atoms with E-state index in [4.69, 9.17) is 0 Å². The van der Waals surface area contributed by atoms with Gasteiger partial charge in [-0.3, -0.25) is 4.98 Å². The first-order valence-electron chi connectivity index (χ1n) is 3.87. The van der Waals surface area contributed by atoms with Gasteiger partial charge in [0.05, 0.1) is 6.20 Å². The van der Waals surface area contributed by atoms with Crippen LogP contribution in [-0.4, -0.2) is 18.1 Å². The van der Waals surface area contributed by atoms with Crippen LogP contribution in [0.25, 0.3) is 5.57 Å². The van der Waals surface area contributed by atoms with E-state index in [0.29, 0.717) is 5.56 Å². The molecule has 62 valence electrons. The summed E-state index contributed by atoms with van der Waals surface area (Å²) in [4.78, 5) is 3.69. The summed E-state index contributed by atoms with van der Waals surface area (Å²) in [6.07, 6.45) is 4.85. The molecule has 0 amide bonds. The molecular formula is C9H9FN2. The first kappa shape index (κ1) is 7.43. The average molecular weight is 164 g/mol. The summed E-state index contributed by atoms with van der Waals surface area (Å²) in [5, 5.41) is 3.12. The van der Waals surface area contributed by atoms with Gasteiger partial charge in [-0.15, -0.1) is 0 Å². The third-order valence-corrected chi connectivity index (χ3v) is 1.93. The van der Waals surface area contributed by atoms with E-state index in [1.807, 2.05) is 6.08 Å². The number of pyridine rings is 1. The fourth-order valence-electron chi connectivity index (χ4n) is 1.32. The van der Waals surface area contributed by atoms with Gasteiger partial charge in [-0.05, 0) is 11.6 Å². The minimum Gasteiger partial charge on any atom is -0.309 e. The van der Waals surface area contributed by atoms with Crippen molar-refractivity contribution in [2.75, 3.05) is 13.1 Å². The van der Waals surface area contributed by atoms with E-state index in [-0.39, 0.29) is 5.82 Å². The lowest BCUT2D eigenvalue weighted by Crippen LogP contribution is -2.08. The molecule has 0 spiro atoms. The van der Waals surface area contributed by atoms with Crippen LogP contribution in [0.15, 0.2) is 24.5 Å². The maximum atomic E-state index is 13.1. The predicted octanol–water partition coefficient (Wildman–Crippen LogP) is 1.21. The van der Waals surface area contributed by atoms with Gasteiger partial charge in [-0.25, -0.2) is 4.39 Å². The molecule has 0 atom stereocenters. The molecule has 1 aliphatic heterocycles. The Morgan fingerprint density at radius 2 is 2.42 bits per heavy atom. The van der Waals surface area contributed by atoms with E-state index in [1.54, 1.807) is 12.3 Å². The van der Waals surface area contributed by atoms with Gasteiger partial charge >= 0.3 is 0 Å². The molecule has 12 heavy (non-hydrogen) atoms. The zero-order chi connectivity index (χ0) is 8.39. The number of hydrogen-bond donors (Lipinski definition) is 1. The maximum Gasteiger partial charge on any atom is 0.149 e. The molecule has 2 heterocycles. The van der Waals surface area contributed by atoms with Crippen molar-refractivity contribution in [3.63, 3.8) is 0 Å². The summed E-state index contributed by atoms with van der Waals surface area (Å²) >= 11 is 0. The molecule has 0 radical (unpaired) electrons. The van der Waals surface area contributed by atoms with Crippen molar-refractivity contribution >= 4 is 5.57 Å². The SMILES string of the molecule is Fc1cnccc1C1=CCNC1. The van der Waals surface area contributed by atoms with Crippen LogP contribution >= 0.6 is 0 Å². The highest BCUT2D eigenvalue weighted by Gasteiger charge is 2.09. The van der Waals surface area contributed by atoms with Crippen molar-refractivity contribution in [3.05, 3.63) is 35.9 Å². The molecule has 0 unspecified atom stereocenters. The van der Waals surface area contributed by atoms with Crippen molar-refractivity contribution < 1.29 is 4.39 Å². The van der Waals surface area contributed by atoms with Gasteiger partial charge in [-0.2, -0.15) is 0 Å². The van der Waals surface area contributed by atoms with E-state index in [9.17, 15) is 4.39 Å². The van der Waals surface area contributed by atoms with Gasteiger partial charge in [0, 0.05) is 24.8 Å². The molecule has 1 aromatic heterocycles. The van der Waals surface area contributed by atoms with Crippen LogP contribution in [-0.2, 0) is 0 Å². The number of hydrogen-bond acceptors (Lipinski definition) is 2. The lowest BCUT2D eigenvalue weighted by atomic mass is 10.1. The molecule has 0 fully saturated rings. The summed E-state index contributed by atoms with van der Waals surface area (Å²) in [6, 6.07) is 1.70. The van der Waals surface area contributed by atoms with Crippen molar-refractivity contribution in [3.8, 4) is 0 Å². The minimum absolute atomic E-state index is 0.243. The zero-order valence-corrected chi connectivity index (χ0v) is 6.55. The monoisotopic (exact) mass is 164 g/mol. The molecule has 2 nitrogen and oxygen atoms in total. The van der Waals surface area contributed by atoms with Gasteiger partial charge in [0.1, 0.15) is 5.82 Å². The third-order valence-electron chi connectivity index (χ3n) is 1.93. The van der Waals surface area contributed by atoms with Crippen LogP contribution in [0, 0.1) is 5.82 Å². The van der Waals surface area contributed by atoms with E-state index in [0.717, 1.165) is 18.7 Å². The highest BCUT2D eigenvalue weighted by atomic mass is 19.1. The largest absolute Gasteiger partial charge is 0.309 e. The van der Waals surface area contributed by atoms with Crippen LogP contribution in [0.4, 0.5) is 4.39 Å². The van der Waals surface area contributed by atoms with Crippen molar-refractivity contribution in [1.29, 1.82) is 0 Å². The Morgan fingerprint density at radius 3 is 3.08 bits per heavy atom. The molecular weight excluding hydrogens is 155 g/mol. The molecule has 3 heteroatoms. The van der Waals surface area contributed by atoms with Crippen LogP contribution in [0.2, 0.25) is 0 Å². The first-order chi connectivity index (χ1) is 5.88. The number of aromatic nitrogens is 1. The Bertz CT molecular complexity index is 320. The Balaban J connectivity index is 2.39. The van der Waals surface area contributed by atoms with Gasteiger partial charge in [-0.1, -0.05) is 6.08 Å². The smallest absolute Gasteiger partial charge is 0.149 e. The molecule has 0 bridgehead atoms. The number of halogens is 1. The third kappa shape index (κ3) is 1.23. The van der Waals surface area contributed by atoms with Crippen LogP contribution in [0.1, 0.15) is 5.56 Å². The second-order valence-electron chi connectivity index (χ2n) is 2.72. The molecule has 1 aromatic rings. The zero-order valence-electron chi connectivity index (χ0n) is 6.55. The quantitative estimate of drug-likeness (QED) is 0.674. The maximum absolute atomic E-state index is 13.1. The summed E-state index contributed by atoms with van der Waals surface area (Å²) < 4.78 is 13.1. The van der Waals surface area contributed by atoms with Crippen LogP contribution < -0.4 is 5.32 Å². The summed E-state index contributed by atoms with van der Waals surface area (Å²) in [7, 11) is 0. The highest BCUT2D eigenvalue weighted by Crippen LogP contribution is 2.18. The second-order valence-corrected chi connectivity index (χ2v) is 2.72. The van der Waals surface area contributed by atoms with E-state index in [2.05, 4.69) is 10.3 Å². The molecule has 2 rings (SSSR count). The van der Waals surface area contributed by atoms with Crippen LogP contribution in [0.5, 0.6) is 0 Å². The number of nitrogens with one attached hydrogen (secondary N) is 1. The Kier molecular flexibility index (Phi) is 1.87. The standard InChI is InChI=1S/C9H9FN2/c10-9-6-12-4-2-8(9)7-1-3-11-5-7/h1-2,4,6,11H,3,5H2. The highest BCUT2D eigenvalue weighted by molar-refractivity contribution is 5.68. The van der Waals surface area contributed by atoms with Crippen molar-refractivity contribution in [2.24, 2.45) is 0 Å². The Morgan fingerprint density at radius 1 is 1.50 bits per heavy atom. The summed E-state index contributed by atoms with van der Waals surface area (Å²) in [6.45, 7) is 1.58. The predicted molar refractivity (Wildman–Crippen MR) is 45.0 cm³/mol. The van der Waals surface area contributed by atoms with E-state index in [1.165, 1.54) is 6.20 Å². The van der Waals surface area contributed by atoms with Crippen LogP contribution in [0.3, 0.4) is 0 Å². The second kappa shape index (κ2) is 3.03. The van der Waals surface area contributed by atoms with Crippen molar-refractivity contribution in [2.45, 2.75) is 0 Å². The fourth-order valence-corrected chi connectivity index (χ4v) is 1.32. The Labute approximate surface area is 70.1 Å². The number of rotatable bonds is 1. The fraction of sp³-hybridized carbons (Fsp3) is 0.222. The summed E-state index contributed by atoms with van der Waals surface area (Å²) in [5.74, 6) is -0.243. The summed E-state index contributed by atoms with van der Waals surface area (Å²) in [5.41, 5.74) is 1.69. The van der Waals surface area contributed by atoms with Gasteiger partial charge < -0.3 is 5.32 Å². The van der Waals surface area contributed by atoms with E-state index >= 15 is 0 Å². The molecule has 0 aromatic carbocycles. The molecule has 0 aliphatic carbocycles. The van der Waals surface area contributed by atoms with Crippen molar-refractivity contribution in [1.82, 2.24) is 10.3 Å². The van der Waals surface area contributed by atoms with E-state index < -0.39 is 0 Å². The molecule has 1 aliphatic rings. The first-order valence-corrected chi connectivity index (χ1v) is 3.87. The molecule has 1 N–H and O–H groups in total. The Hall–Kier alpha value is -1.22. The van der Waals surface area contributed by atoms with Gasteiger partial charge in [0.15, 0.2) is 0 Å². The van der Waals surface area contributed by atoms with Gasteiger partial charge in [0.2, 0.25) is 0 Å². The van der Waals surface area contributed by atoms with Gasteiger partial charge in [0.25, 0.3) is 0 Å². The topological polar surface area (TPSA) is 24.9 Å². The molecule has 0 saturated heterocycles. The lowest BCUT2D eigenvalue weighted by Gasteiger charge is -2.01. The lowest BCUT2D eigenvalue weighted by molar-refractivity contribution is 0.617. The molecule has 0 saturated carbocycles. The number of nitrogens with zero attached hydrogens (tertiary/aromatic N) is 1.